The highest BCUT2D eigenvalue weighted by Crippen LogP contribution is 2.24. The molecule has 1 saturated carbocycles. The summed E-state index contributed by atoms with van der Waals surface area (Å²) in [6, 6.07) is 1.81. The number of methoxy groups -OCH3 is 1. The lowest BCUT2D eigenvalue weighted by Crippen LogP contribution is -2.29. The number of hydrogen-bond acceptors (Lipinski definition) is 5. The summed E-state index contributed by atoms with van der Waals surface area (Å²) in [5.41, 5.74) is 6.42. The molecule has 1 aromatic rings. The summed E-state index contributed by atoms with van der Waals surface area (Å²) in [7, 11) is 1.75. The minimum atomic E-state index is 0.169. The maximum atomic E-state index is 5.84. The Morgan fingerprint density at radius 2 is 2.06 bits per heavy atom. The van der Waals surface area contributed by atoms with E-state index in [2.05, 4.69) is 9.97 Å². The van der Waals surface area contributed by atoms with E-state index < -0.39 is 0 Å². The molecule has 1 heterocycles. The van der Waals surface area contributed by atoms with Crippen molar-refractivity contribution in [3.63, 3.8) is 0 Å². The number of aromatic nitrogens is 2. The first-order valence-corrected chi connectivity index (χ1v) is 5.98. The average molecular weight is 237 g/mol. The van der Waals surface area contributed by atoms with Gasteiger partial charge in [-0.3, -0.25) is 0 Å². The molecule has 0 saturated heterocycles. The van der Waals surface area contributed by atoms with Gasteiger partial charge in [0.05, 0.1) is 6.10 Å². The third kappa shape index (κ3) is 3.30. The second-order valence-electron chi connectivity index (χ2n) is 4.47. The molecule has 2 rings (SSSR count). The maximum absolute atomic E-state index is 5.84. The van der Waals surface area contributed by atoms with Crippen LogP contribution in [0.15, 0.2) is 6.07 Å². The van der Waals surface area contributed by atoms with Crippen LogP contribution in [0.25, 0.3) is 0 Å². The lowest BCUT2D eigenvalue weighted by Gasteiger charge is -2.28. The van der Waals surface area contributed by atoms with Crippen molar-refractivity contribution in [2.45, 2.75) is 44.8 Å². The molecule has 0 amide bonds. The van der Waals surface area contributed by atoms with Gasteiger partial charge < -0.3 is 15.2 Å². The van der Waals surface area contributed by atoms with Gasteiger partial charge >= 0.3 is 0 Å². The molecule has 0 aromatic carbocycles. The topological polar surface area (TPSA) is 70.3 Å². The lowest BCUT2D eigenvalue weighted by atomic mass is 9.95. The summed E-state index contributed by atoms with van der Waals surface area (Å²) in [5, 5.41) is 0. The maximum Gasteiger partial charge on any atom is 0.223 e. The zero-order chi connectivity index (χ0) is 12.3. The van der Waals surface area contributed by atoms with Gasteiger partial charge in [-0.2, -0.15) is 4.98 Å². The van der Waals surface area contributed by atoms with Gasteiger partial charge in [0.1, 0.15) is 6.10 Å². The van der Waals surface area contributed by atoms with Crippen LogP contribution in [0.1, 0.15) is 31.4 Å². The molecule has 1 aliphatic carbocycles. The molecular weight excluding hydrogens is 218 g/mol. The number of hydrogen-bond donors (Lipinski definition) is 1. The first kappa shape index (κ1) is 12.1. The van der Waals surface area contributed by atoms with Gasteiger partial charge in [-0.25, -0.2) is 4.98 Å². The van der Waals surface area contributed by atoms with E-state index in [-0.39, 0.29) is 12.1 Å². The van der Waals surface area contributed by atoms with Gasteiger partial charge in [-0.15, -0.1) is 0 Å². The second kappa shape index (κ2) is 5.31. The highest BCUT2D eigenvalue weighted by Gasteiger charge is 2.23. The first-order valence-electron chi connectivity index (χ1n) is 5.98. The van der Waals surface area contributed by atoms with E-state index >= 15 is 0 Å². The number of nitrogens with zero attached hydrogens (tertiary/aromatic N) is 2. The smallest absolute Gasteiger partial charge is 0.223 e. The van der Waals surface area contributed by atoms with E-state index in [1.165, 1.54) is 0 Å². The van der Waals surface area contributed by atoms with E-state index in [4.69, 9.17) is 15.2 Å². The molecule has 5 nitrogen and oxygen atoms in total. The van der Waals surface area contributed by atoms with E-state index in [9.17, 15) is 0 Å². The summed E-state index contributed by atoms with van der Waals surface area (Å²) in [5.74, 6) is 0.829. The molecule has 17 heavy (non-hydrogen) atoms. The van der Waals surface area contributed by atoms with Gasteiger partial charge in [-0.1, -0.05) is 0 Å². The normalized spacial score (nSPS) is 24.6. The van der Waals surface area contributed by atoms with Gasteiger partial charge in [-0.05, 0) is 26.2 Å². The van der Waals surface area contributed by atoms with Crippen LogP contribution in [0.3, 0.4) is 0 Å². The average Bonchev–Trinajstić information content (AvgIpc) is 2.28. The molecule has 0 bridgehead atoms. The molecule has 94 valence electrons. The van der Waals surface area contributed by atoms with E-state index in [1.807, 2.05) is 13.0 Å². The van der Waals surface area contributed by atoms with Gasteiger partial charge in [0, 0.05) is 25.3 Å². The third-order valence-corrected chi connectivity index (χ3v) is 3.05. The Kier molecular flexibility index (Phi) is 3.78. The predicted octanol–water partition coefficient (Wildman–Crippen LogP) is 1.70. The Hall–Kier alpha value is -1.36. The zero-order valence-electron chi connectivity index (χ0n) is 10.3. The molecule has 1 aliphatic rings. The third-order valence-electron chi connectivity index (χ3n) is 3.05. The SMILES string of the molecule is COC1CCCC(Oc2cc(C)nc(N)n2)C1. The van der Waals surface area contributed by atoms with Gasteiger partial charge in [0.25, 0.3) is 0 Å². The second-order valence-corrected chi connectivity index (χ2v) is 4.47. The minimum Gasteiger partial charge on any atom is -0.474 e. The highest BCUT2D eigenvalue weighted by atomic mass is 16.5. The fourth-order valence-corrected chi connectivity index (χ4v) is 2.22. The van der Waals surface area contributed by atoms with Crippen molar-refractivity contribution < 1.29 is 9.47 Å². The van der Waals surface area contributed by atoms with Crippen LogP contribution in [0.5, 0.6) is 5.88 Å². The molecule has 5 heteroatoms. The van der Waals surface area contributed by atoms with Gasteiger partial charge in [0.2, 0.25) is 11.8 Å². The summed E-state index contributed by atoms with van der Waals surface area (Å²) in [6.07, 6.45) is 4.67. The summed E-state index contributed by atoms with van der Waals surface area (Å²) >= 11 is 0. The molecule has 2 N–H and O–H groups in total. The van der Waals surface area contributed by atoms with Crippen molar-refractivity contribution in [2.24, 2.45) is 0 Å². The molecule has 2 atom stereocenters. The summed E-state index contributed by atoms with van der Waals surface area (Å²) < 4.78 is 11.2. The number of nitrogens with two attached hydrogens (primary N) is 1. The number of rotatable bonds is 3. The molecule has 0 aliphatic heterocycles. The largest absolute Gasteiger partial charge is 0.474 e. The molecule has 1 aromatic heterocycles. The fraction of sp³-hybridized carbons (Fsp3) is 0.667. The van der Waals surface area contributed by atoms with Gasteiger partial charge in [0.15, 0.2) is 0 Å². The highest BCUT2D eigenvalue weighted by molar-refractivity contribution is 5.25. The van der Waals surface area contributed by atoms with E-state index in [0.29, 0.717) is 12.0 Å². The Balaban J connectivity index is 2.00. The molecule has 0 spiro atoms. The van der Waals surface area contributed by atoms with Crippen LogP contribution in [-0.2, 0) is 4.74 Å². The number of ether oxygens (including phenoxy) is 2. The quantitative estimate of drug-likeness (QED) is 0.866. The summed E-state index contributed by atoms with van der Waals surface area (Å²) in [4.78, 5) is 8.10. The number of nitrogen functional groups attached to an aromatic ring is 1. The van der Waals surface area contributed by atoms with Crippen molar-refractivity contribution in [3.8, 4) is 5.88 Å². The first-order chi connectivity index (χ1) is 8.17. The Morgan fingerprint density at radius 1 is 1.29 bits per heavy atom. The lowest BCUT2D eigenvalue weighted by molar-refractivity contribution is 0.0195. The monoisotopic (exact) mass is 237 g/mol. The summed E-state index contributed by atoms with van der Waals surface area (Å²) in [6.45, 7) is 1.88. The van der Waals surface area contributed by atoms with E-state index in [1.54, 1.807) is 7.11 Å². The molecule has 0 radical (unpaired) electrons. The fourth-order valence-electron chi connectivity index (χ4n) is 2.22. The van der Waals surface area contributed by atoms with Crippen molar-refractivity contribution in [2.75, 3.05) is 12.8 Å². The zero-order valence-corrected chi connectivity index (χ0v) is 10.3. The Labute approximate surface area is 101 Å². The van der Waals surface area contributed by atoms with Crippen molar-refractivity contribution in [1.82, 2.24) is 9.97 Å². The number of aryl methyl sites for hydroxylation is 1. The van der Waals surface area contributed by atoms with Crippen molar-refractivity contribution >= 4 is 5.95 Å². The molecule has 2 unspecified atom stereocenters. The minimum absolute atomic E-state index is 0.169. The van der Waals surface area contributed by atoms with Crippen molar-refractivity contribution in [1.29, 1.82) is 0 Å². The van der Waals surface area contributed by atoms with Crippen LogP contribution in [0, 0.1) is 6.92 Å². The standard InChI is InChI=1S/C12H19N3O2/c1-8-6-11(15-12(13)14-8)17-10-5-3-4-9(7-10)16-2/h6,9-10H,3-5,7H2,1-2H3,(H2,13,14,15). The molecular formula is C12H19N3O2. The van der Waals surface area contributed by atoms with Crippen LogP contribution in [0.4, 0.5) is 5.95 Å². The van der Waals surface area contributed by atoms with Crippen LogP contribution in [0.2, 0.25) is 0 Å². The van der Waals surface area contributed by atoms with Crippen LogP contribution >= 0.6 is 0 Å². The van der Waals surface area contributed by atoms with E-state index in [0.717, 1.165) is 31.4 Å². The van der Waals surface area contributed by atoms with Crippen LogP contribution in [-0.4, -0.2) is 29.3 Å². The Morgan fingerprint density at radius 3 is 2.76 bits per heavy atom. The Bertz CT molecular complexity index is 364. The molecule has 1 fully saturated rings. The van der Waals surface area contributed by atoms with Crippen LogP contribution < -0.4 is 10.5 Å². The van der Waals surface area contributed by atoms with Crippen molar-refractivity contribution in [3.05, 3.63) is 11.8 Å². The number of anilines is 1. The predicted molar refractivity (Wildman–Crippen MR) is 64.9 cm³/mol.